The van der Waals surface area contributed by atoms with Gasteiger partial charge in [-0.3, -0.25) is 0 Å². The molecule has 8 heavy (non-hydrogen) atoms. The summed E-state index contributed by atoms with van der Waals surface area (Å²) in [6, 6.07) is 10.9. The number of halogens is 1. The van der Waals surface area contributed by atoms with Gasteiger partial charge in [-0.15, -0.1) is 3.57 Å². The molecule has 0 amide bonds. The fraction of sp³-hybridized carbons (Fsp3) is 0. The molecule has 36 valence electrons. The summed E-state index contributed by atoms with van der Waals surface area (Å²) < 4.78 is 1.17. The van der Waals surface area contributed by atoms with Gasteiger partial charge < -0.3 is 0 Å². The van der Waals surface area contributed by atoms with Gasteiger partial charge in [-0.2, -0.15) is 30.3 Å². The zero-order valence-electron chi connectivity index (χ0n) is 4.69. The normalized spacial score (nSPS) is 7.62. The van der Waals surface area contributed by atoms with E-state index in [1.807, 2.05) is 24.3 Å². The van der Waals surface area contributed by atoms with Crippen LogP contribution in [0.25, 0.3) is 0 Å². The largest absolute Gasteiger partial charge is 1.00 e. The smallest absolute Gasteiger partial charge is 0.176 e. The summed E-state index contributed by atoms with van der Waals surface area (Å²) in [6.07, 6.45) is 0. The van der Waals surface area contributed by atoms with Crippen LogP contribution in [0.1, 0.15) is 0 Å². The van der Waals surface area contributed by atoms with E-state index in [0.29, 0.717) is 0 Å². The molecule has 0 saturated heterocycles. The molecule has 0 bridgehead atoms. The quantitative estimate of drug-likeness (QED) is 0.295. The van der Waals surface area contributed by atoms with Crippen molar-refractivity contribution in [2.24, 2.45) is 0 Å². The van der Waals surface area contributed by atoms with Crippen LogP contribution in [0.3, 0.4) is 0 Å². The molecule has 0 nitrogen and oxygen atoms in total. The van der Waals surface area contributed by atoms with Crippen molar-refractivity contribution in [2.75, 3.05) is 0 Å². The SMILES string of the molecule is Ic1[c-]cccc1.[Li+]. The van der Waals surface area contributed by atoms with Crippen LogP contribution in [0.2, 0.25) is 0 Å². The predicted molar refractivity (Wildman–Crippen MR) is 38.0 cm³/mol. The van der Waals surface area contributed by atoms with Gasteiger partial charge in [0.05, 0.1) is 0 Å². The third-order valence-electron chi connectivity index (χ3n) is 0.671. The Labute approximate surface area is 75.0 Å². The maximum absolute atomic E-state index is 3.02. The minimum atomic E-state index is 0. The molecule has 1 rings (SSSR count). The first-order valence-corrected chi connectivity index (χ1v) is 3.10. The Morgan fingerprint density at radius 2 is 2.12 bits per heavy atom. The van der Waals surface area contributed by atoms with Gasteiger partial charge in [-0.05, 0) is 0 Å². The fourth-order valence-electron chi connectivity index (χ4n) is 0.371. The minimum Gasteiger partial charge on any atom is -0.176 e. The molecule has 0 radical (unpaired) electrons. The topological polar surface area (TPSA) is 0 Å². The molecule has 0 aliphatic carbocycles. The van der Waals surface area contributed by atoms with E-state index in [1.165, 1.54) is 3.57 Å². The summed E-state index contributed by atoms with van der Waals surface area (Å²) >= 11 is 2.22. The molecule has 1 aromatic rings. The molecule has 2 heteroatoms. The molecule has 0 aromatic heterocycles. The summed E-state index contributed by atoms with van der Waals surface area (Å²) in [5, 5.41) is 0. The molecule has 0 unspecified atom stereocenters. The van der Waals surface area contributed by atoms with Crippen molar-refractivity contribution in [1.29, 1.82) is 0 Å². The molecule has 0 heterocycles. The van der Waals surface area contributed by atoms with Crippen molar-refractivity contribution in [2.45, 2.75) is 0 Å². The Balaban J connectivity index is 0.000000490. The van der Waals surface area contributed by atoms with E-state index in [-0.39, 0.29) is 18.9 Å². The van der Waals surface area contributed by atoms with Crippen LogP contribution in [-0.2, 0) is 0 Å². The molecule has 0 N–H and O–H groups in total. The first kappa shape index (κ1) is 8.55. The maximum Gasteiger partial charge on any atom is 1.00 e. The van der Waals surface area contributed by atoms with Gasteiger partial charge in [0.25, 0.3) is 0 Å². The van der Waals surface area contributed by atoms with Crippen molar-refractivity contribution >= 4 is 22.6 Å². The van der Waals surface area contributed by atoms with E-state index in [4.69, 9.17) is 0 Å². The van der Waals surface area contributed by atoms with Crippen molar-refractivity contribution in [3.63, 3.8) is 0 Å². The number of hydrogen-bond acceptors (Lipinski definition) is 0. The van der Waals surface area contributed by atoms with E-state index in [2.05, 4.69) is 28.7 Å². The number of benzene rings is 1. The summed E-state index contributed by atoms with van der Waals surface area (Å²) in [4.78, 5) is 0. The van der Waals surface area contributed by atoms with E-state index >= 15 is 0 Å². The molecule has 0 fully saturated rings. The minimum absolute atomic E-state index is 0. The third-order valence-corrected chi connectivity index (χ3v) is 1.34. The van der Waals surface area contributed by atoms with Gasteiger partial charge in [-0.1, -0.05) is 22.6 Å². The van der Waals surface area contributed by atoms with Gasteiger partial charge in [0.1, 0.15) is 0 Å². The fourth-order valence-corrected chi connectivity index (χ4v) is 0.759. The van der Waals surface area contributed by atoms with E-state index in [9.17, 15) is 0 Å². The average molecular weight is 210 g/mol. The molecule has 1 aromatic carbocycles. The van der Waals surface area contributed by atoms with Gasteiger partial charge in [0, 0.05) is 0 Å². The standard InChI is InChI=1S/C6H4I.Li/c7-6-4-2-1-3-5-6;/h1-4H;/q-1;+1. The number of rotatable bonds is 0. The van der Waals surface area contributed by atoms with Crippen LogP contribution in [0.15, 0.2) is 24.3 Å². The van der Waals surface area contributed by atoms with Crippen molar-refractivity contribution < 1.29 is 18.9 Å². The van der Waals surface area contributed by atoms with E-state index in [0.717, 1.165) is 0 Å². The van der Waals surface area contributed by atoms with Crippen LogP contribution in [0, 0.1) is 9.64 Å². The van der Waals surface area contributed by atoms with Gasteiger partial charge in [-0.25, -0.2) is 0 Å². The summed E-state index contributed by atoms with van der Waals surface area (Å²) in [5.74, 6) is 0. The molecule has 0 saturated carbocycles. The zero-order chi connectivity index (χ0) is 5.11. The summed E-state index contributed by atoms with van der Waals surface area (Å²) in [5.41, 5.74) is 0. The molecular formula is C6H4ILi. The predicted octanol–water partition coefficient (Wildman–Crippen LogP) is -0.905. The molecule has 0 spiro atoms. The summed E-state index contributed by atoms with van der Waals surface area (Å²) in [7, 11) is 0. The molecule has 0 atom stereocenters. The van der Waals surface area contributed by atoms with Crippen molar-refractivity contribution in [1.82, 2.24) is 0 Å². The Bertz CT molecular complexity index is 138. The van der Waals surface area contributed by atoms with Crippen molar-refractivity contribution in [3.05, 3.63) is 33.9 Å². The molecule has 0 aliphatic rings. The zero-order valence-corrected chi connectivity index (χ0v) is 6.84. The van der Waals surface area contributed by atoms with E-state index < -0.39 is 0 Å². The van der Waals surface area contributed by atoms with Gasteiger partial charge >= 0.3 is 18.9 Å². The van der Waals surface area contributed by atoms with Crippen LogP contribution < -0.4 is 18.9 Å². The molecular weight excluding hydrogens is 206 g/mol. The van der Waals surface area contributed by atoms with Crippen molar-refractivity contribution in [3.8, 4) is 0 Å². The average Bonchev–Trinajstić information content (AvgIpc) is 1.69. The van der Waals surface area contributed by atoms with Crippen LogP contribution in [0.5, 0.6) is 0 Å². The second-order valence-corrected chi connectivity index (χ2v) is 2.37. The Hall–Kier alpha value is 0.547. The Morgan fingerprint density at radius 1 is 1.38 bits per heavy atom. The molecule has 0 aliphatic heterocycles. The van der Waals surface area contributed by atoms with Crippen LogP contribution >= 0.6 is 22.6 Å². The van der Waals surface area contributed by atoms with Crippen LogP contribution in [0.4, 0.5) is 0 Å². The van der Waals surface area contributed by atoms with Gasteiger partial charge in [0.2, 0.25) is 0 Å². The summed E-state index contributed by atoms with van der Waals surface area (Å²) in [6.45, 7) is 0. The monoisotopic (exact) mass is 210 g/mol. The third kappa shape index (κ3) is 2.76. The number of hydrogen-bond donors (Lipinski definition) is 0. The Kier molecular flexibility index (Phi) is 4.73. The maximum atomic E-state index is 3.02. The first-order chi connectivity index (χ1) is 3.39. The van der Waals surface area contributed by atoms with Gasteiger partial charge in [0.15, 0.2) is 0 Å². The second kappa shape index (κ2) is 4.43. The van der Waals surface area contributed by atoms with E-state index in [1.54, 1.807) is 0 Å². The van der Waals surface area contributed by atoms with Crippen LogP contribution in [-0.4, -0.2) is 0 Å². The first-order valence-electron chi connectivity index (χ1n) is 2.02. The second-order valence-electron chi connectivity index (χ2n) is 1.21. The Morgan fingerprint density at radius 3 is 2.38 bits per heavy atom.